The van der Waals surface area contributed by atoms with Gasteiger partial charge in [-0.25, -0.2) is 14.8 Å². The predicted molar refractivity (Wildman–Crippen MR) is 113 cm³/mol. The Hall–Kier alpha value is -3.20. The van der Waals surface area contributed by atoms with E-state index in [2.05, 4.69) is 15.3 Å². The Bertz CT molecular complexity index is 1080. The molecule has 3 aromatic rings. The van der Waals surface area contributed by atoms with Crippen LogP contribution >= 0.6 is 11.3 Å². The summed E-state index contributed by atoms with van der Waals surface area (Å²) < 4.78 is 0. The van der Waals surface area contributed by atoms with Crippen LogP contribution in [0.25, 0.3) is 10.2 Å². The fourth-order valence-electron chi connectivity index (χ4n) is 3.38. The number of aromatic nitrogens is 2. The number of nitrogens with zero attached hydrogens (tertiary/aromatic N) is 4. The SMILES string of the molecule is CN(C)C(=O)N1CCc2c(sc3ncnc(Nc4ccc(N)c(C=N)c4)c23)C1. The summed E-state index contributed by atoms with van der Waals surface area (Å²) in [6.45, 7) is 1.26. The minimum absolute atomic E-state index is 0.0218. The van der Waals surface area contributed by atoms with Crippen molar-refractivity contribution >= 4 is 51.0 Å². The van der Waals surface area contributed by atoms with E-state index in [9.17, 15) is 4.79 Å². The number of rotatable bonds is 3. The van der Waals surface area contributed by atoms with Crippen molar-refractivity contribution < 1.29 is 4.79 Å². The molecule has 28 heavy (non-hydrogen) atoms. The third kappa shape index (κ3) is 3.13. The van der Waals surface area contributed by atoms with Gasteiger partial charge < -0.3 is 26.3 Å². The van der Waals surface area contributed by atoms with E-state index < -0.39 is 0 Å². The first-order valence-corrected chi connectivity index (χ1v) is 9.68. The minimum Gasteiger partial charge on any atom is -0.398 e. The molecule has 4 rings (SSSR count). The van der Waals surface area contributed by atoms with Crippen LogP contribution < -0.4 is 11.1 Å². The van der Waals surface area contributed by atoms with Crippen molar-refractivity contribution in [1.29, 1.82) is 5.41 Å². The Kier molecular flexibility index (Phi) is 4.60. The van der Waals surface area contributed by atoms with Gasteiger partial charge in [-0.1, -0.05) is 0 Å². The van der Waals surface area contributed by atoms with E-state index in [1.165, 1.54) is 11.8 Å². The standard InChI is InChI=1S/C19H21N7OS/c1-25(2)19(27)26-6-5-13-15(9-26)28-18-16(13)17(22-10-23-18)24-12-3-4-14(21)11(7-12)8-20/h3-4,7-8,10,20H,5-6,9,21H2,1-2H3,(H,22,23,24). The quantitative estimate of drug-likeness (QED) is 0.466. The van der Waals surface area contributed by atoms with E-state index >= 15 is 0 Å². The minimum atomic E-state index is 0.0218. The molecular formula is C19H21N7OS. The fourth-order valence-corrected chi connectivity index (χ4v) is 4.59. The van der Waals surface area contributed by atoms with Gasteiger partial charge >= 0.3 is 6.03 Å². The maximum atomic E-state index is 12.3. The maximum Gasteiger partial charge on any atom is 0.319 e. The normalized spacial score (nSPS) is 13.3. The molecule has 0 saturated carbocycles. The zero-order valence-electron chi connectivity index (χ0n) is 15.7. The van der Waals surface area contributed by atoms with Crippen molar-refractivity contribution in [3.8, 4) is 0 Å². The highest BCUT2D eigenvalue weighted by Crippen LogP contribution is 2.38. The third-order valence-electron chi connectivity index (χ3n) is 4.80. The molecule has 1 aliphatic rings. The molecule has 0 spiro atoms. The van der Waals surface area contributed by atoms with Crippen LogP contribution in [0.3, 0.4) is 0 Å². The summed E-state index contributed by atoms with van der Waals surface area (Å²) >= 11 is 1.61. The van der Waals surface area contributed by atoms with E-state index in [-0.39, 0.29) is 6.03 Å². The number of thiophene rings is 1. The number of hydrogen-bond donors (Lipinski definition) is 3. The van der Waals surface area contributed by atoms with E-state index in [1.54, 1.807) is 42.7 Å². The number of carbonyl (C=O) groups is 1. The van der Waals surface area contributed by atoms with Gasteiger partial charge in [-0.15, -0.1) is 11.3 Å². The van der Waals surface area contributed by atoms with E-state index in [1.807, 2.05) is 17.0 Å². The van der Waals surface area contributed by atoms with Gasteiger partial charge in [0.25, 0.3) is 0 Å². The van der Waals surface area contributed by atoms with Crippen LogP contribution in [-0.2, 0) is 13.0 Å². The molecule has 2 amide bonds. The number of benzene rings is 1. The van der Waals surface area contributed by atoms with E-state index in [4.69, 9.17) is 11.1 Å². The second-order valence-corrected chi connectivity index (χ2v) is 7.95. The summed E-state index contributed by atoms with van der Waals surface area (Å²) in [5.41, 5.74) is 9.11. The van der Waals surface area contributed by atoms with Crippen molar-refractivity contribution in [3.63, 3.8) is 0 Å². The number of anilines is 3. The lowest BCUT2D eigenvalue weighted by Gasteiger charge is -2.29. The van der Waals surface area contributed by atoms with Gasteiger partial charge in [0, 0.05) is 48.7 Å². The molecule has 0 unspecified atom stereocenters. The van der Waals surface area contributed by atoms with Crippen LogP contribution in [0.1, 0.15) is 16.0 Å². The summed E-state index contributed by atoms with van der Waals surface area (Å²) in [6, 6.07) is 5.49. The van der Waals surface area contributed by atoms with Crippen molar-refractivity contribution in [3.05, 3.63) is 40.5 Å². The molecule has 0 radical (unpaired) electrons. The van der Waals surface area contributed by atoms with Crippen LogP contribution in [0.4, 0.5) is 22.0 Å². The lowest BCUT2D eigenvalue weighted by atomic mass is 10.0. The van der Waals surface area contributed by atoms with Gasteiger partial charge in [-0.05, 0) is 30.2 Å². The number of amides is 2. The molecule has 1 aromatic carbocycles. The van der Waals surface area contributed by atoms with Crippen molar-refractivity contribution in [2.24, 2.45) is 0 Å². The van der Waals surface area contributed by atoms with Crippen LogP contribution in [0, 0.1) is 5.41 Å². The molecule has 3 heterocycles. The average molecular weight is 395 g/mol. The Balaban J connectivity index is 1.70. The summed E-state index contributed by atoms with van der Waals surface area (Å²) in [5, 5.41) is 11.8. The number of fused-ring (bicyclic) bond motifs is 3. The average Bonchev–Trinajstić information content (AvgIpc) is 3.07. The van der Waals surface area contributed by atoms with Crippen molar-refractivity contribution in [2.45, 2.75) is 13.0 Å². The highest BCUT2D eigenvalue weighted by atomic mass is 32.1. The van der Waals surface area contributed by atoms with Crippen molar-refractivity contribution in [2.75, 3.05) is 31.7 Å². The molecule has 0 atom stereocenters. The number of carbonyl (C=O) groups excluding carboxylic acids is 1. The van der Waals surface area contributed by atoms with Gasteiger partial charge in [0.2, 0.25) is 0 Å². The molecule has 0 saturated heterocycles. The molecule has 8 nitrogen and oxygen atoms in total. The topological polar surface area (TPSA) is 111 Å². The number of nitrogens with two attached hydrogens (primary N) is 1. The van der Waals surface area contributed by atoms with Crippen LogP contribution in [0.2, 0.25) is 0 Å². The highest BCUT2D eigenvalue weighted by Gasteiger charge is 2.27. The maximum absolute atomic E-state index is 12.3. The number of hydrogen-bond acceptors (Lipinski definition) is 7. The number of nitrogen functional groups attached to an aromatic ring is 1. The smallest absolute Gasteiger partial charge is 0.319 e. The molecule has 1 aliphatic heterocycles. The molecule has 0 bridgehead atoms. The zero-order valence-corrected chi connectivity index (χ0v) is 16.5. The fraction of sp³-hybridized carbons (Fsp3) is 0.263. The Morgan fingerprint density at radius 2 is 2.21 bits per heavy atom. The lowest BCUT2D eigenvalue weighted by molar-refractivity contribution is 0.166. The van der Waals surface area contributed by atoms with Crippen LogP contribution in [0.5, 0.6) is 0 Å². The van der Waals surface area contributed by atoms with Crippen LogP contribution in [-0.4, -0.2) is 52.7 Å². The molecule has 2 aromatic heterocycles. The summed E-state index contributed by atoms with van der Waals surface area (Å²) in [5.74, 6) is 0.732. The lowest BCUT2D eigenvalue weighted by Crippen LogP contribution is -2.41. The highest BCUT2D eigenvalue weighted by molar-refractivity contribution is 7.19. The zero-order chi connectivity index (χ0) is 19.8. The molecule has 0 fully saturated rings. The largest absolute Gasteiger partial charge is 0.398 e. The molecule has 144 valence electrons. The van der Waals surface area contributed by atoms with Crippen LogP contribution in [0.15, 0.2) is 24.5 Å². The third-order valence-corrected chi connectivity index (χ3v) is 5.92. The van der Waals surface area contributed by atoms with Gasteiger partial charge in [0.1, 0.15) is 17.0 Å². The molecule has 0 aliphatic carbocycles. The van der Waals surface area contributed by atoms with Gasteiger partial charge in [-0.2, -0.15) is 0 Å². The monoisotopic (exact) mass is 395 g/mol. The molecular weight excluding hydrogens is 374 g/mol. The Morgan fingerprint density at radius 1 is 1.39 bits per heavy atom. The first kappa shape index (κ1) is 18.2. The number of urea groups is 1. The van der Waals surface area contributed by atoms with E-state index in [0.717, 1.165) is 33.0 Å². The second-order valence-electron chi connectivity index (χ2n) is 6.87. The Morgan fingerprint density at radius 3 is 2.96 bits per heavy atom. The van der Waals surface area contributed by atoms with Crippen molar-refractivity contribution in [1.82, 2.24) is 19.8 Å². The second kappa shape index (κ2) is 7.08. The van der Waals surface area contributed by atoms with Gasteiger partial charge in [0.05, 0.1) is 11.9 Å². The first-order valence-electron chi connectivity index (χ1n) is 8.86. The predicted octanol–water partition coefficient (Wildman–Crippen LogP) is 3.05. The van der Waals surface area contributed by atoms with E-state index in [0.29, 0.717) is 24.3 Å². The molecule has 9 heteroatoms. The molecule has 4 N–H and O–H groups in total. The first-order chi connectivity index (χ1) is 13.5. The summed E-state index contributed by atoms with van der Waals surface area (Å²) in [7, 11) is 3.54. The van der Waals surface area contributed by atoms with Gasteiger partial charge in [0.15, 0.2) is 0 Å². The number of nitrogens with one attached hydrogen (secondary N) is 2. The summed E-state index contributed by atoms with van der Waals surface area (Å²) in [6.07, 6.45) is 3.55. The Labute approximate surface area is 166 Å². The summed E-state index contributed by atoms with van der Waals surface area (Å²) in [4.78, 5) is 26.7. The van der Waals surface area contributed by atoms with Gasteiger partial charge in [-0.3, -0.25) is 0 Å².